The number of carbonyl (C=O) groups is 2. The van der Waals surface area contributed by atoms with Crippen LogP contribution >= 0.6 is 0 Å². The van der Waals surface area contributed by atoms with Crippen molar-refractivity contribution < 1.29 is 14.3 Å². The number of nitrogens with zero attached hydrogens (tertiary/aromatic N) is 1. The molecule has 0 aliphatic rings. The predicted molar refractivity (Wildman–Crippen MR) is 118 cm³/mol. The smallest absolute Gasteiger partial charge is 0.273 e. The number of hydrogen-bond acceptors (Lipinski definition) is 4. The van der Waals surface area contributed by atoms with Crippen LogP contribution in [0.1, 0.15) is 38.8 Å². The van der Waals surface area contributed by atoms with Crippen molar-refractivity contribution in [3.8, 4) is 5.75 Å². The second-order valence-electron chi connectivity index (χ2n) is 6.48. The van der Waals surface area contributed by atoms with Crippen LogP contribution < -0.4 is 15.5 Å². The van der Waals surface area contributed by atoms with Gasteiger partial charge in [-0.3, -0.25) is 9.59 Å². The Labute approximate surface area is 175 Å². The lowest BCUT2D eigenvalue weighted by atomic mass is 10.1. The maximum Gasteiger partial charge on any atom is 0.273 e. The van der Waals surface area contributed by atoms with Gasteiger partial charge in [0, 0.05) is 11.1 Å². The van der Waals surface area contributed by atoms with E-state index in [2.05, 4.69) is 15.8 Å². The van der Waals surface area contributed by atoms with Crippen LogP contribution in [0.5, 0.6) is 5.75 Å². The van der Waals surface area contributed by atoms with Gasteiger partial charge in [-0.25, -0.2) is 5.43 Å². The second kappa shape index (κ2) is 10.0. The molecule has 6 nitrogen and oxygen atoms in total. The van der Waals surface area contributed by atoms with Crippen LogP contribution in [0.25, 0.3) is 0 Å². The van der Waals surface area contributed by atoms with E-state index in [1.165, 1.54) is 6.21 Å². The van der Waals surface area contributed by atoms with Crippen LogP contribution in [0.4, 0.5) is 5.69 Å². The Morgan fingerprint density at radius 3 is 2.33 bits per heavy atom. The number of para-hydroxylation sites is 2. The zero-order valence-electron chi connectivity index (χ0n) is 16.9. The summed E-state index contributed by atoms with van der Waals surface area (Å²) in [4.78, 5) is 25.3. The summed E-state index contributed by atoms with van der Waals surface area (Å²) in [7, 11) is 0. The quantitative estimate of drug-likeness (QED) is 0.455. The molecule has 3 aromatic rings. The Balaban J connectivity index is 1.73. The van der Waals surface area contributed by atoms with Gasteiger partial charge < -0.3 is 10.1 Å². The Hall–Kier alpha value is -3.93. The molecule has 0 radical (unpaired) electrons. The lowest BCUT2D eigenvalue weighted by Gasteiger charge is -2.11. The number of hydrazone groups is 1. The molecule has 30 heavy (non-hydrogen) atoms. The van der Waals surface area contributed by atoms with E-state index in [1.54, 1.807) is 36.4 Å². The highest BCUT2D eigenvalue weighted by atomic mass is 16.5. The average Bonchev–Trinajstić information content (AvgIpc) is 2.75. The largest absolute Gasteiger partial charge is 0.493 e. The summed E-state index contributed by atoms with van der Waals surface area (Å²) in [6, 6.07) is 21.5. The van der Waals surface area contributed by atoms with E-state index in [1.807, 2.05) is 50.2 Å². The highest BCUT2D eigenvalue weighted by molar-refractivity contribution is 6.09. The number of nitrogens with one attached hydrogen (secondary N) is 2. The number of benzene rings is 3. The summed E-state index contributed by atoms with van der Waals surface area (Å²) in [5, 5.41) is 6.85. The van der Waals surface area contributed by atoms with Crippen molar-refractivity contribution >= 4 is 23.7 Å². The average molecular weight is 401 g/mol. The number of hydrogen-bond donors (Lipinski definition) is 2. The molecule has 2 amide bonds. The van der Waals surface area contributed by atoms with Gasteiger partial charge in [-0.05, 0) is 49.7 Å². The molecule has 0 unspecified atom stereocenters. The first-order valence-corrected chi connectivity index (χ1v) is 9.61. The molecule has 0 saturated heterocycles. The third kappa shape index (κ3) is 5.11. The molecule has 0 fully saturated rings. The zero-order valence-corrected chi connectivity index (χ0v) is 16.9. The summed E-state index contributed by atoms with van der Waals surface area (Å²) in [5.41, 5.74) is 5.39. The molecule has 0 heterocycles. The topological polar surface area (TPSA) is 79.8 Å². The van der Waals surface area contributed by atoms with E-state index in [0.717, 1.165) is 11.1 Å². The number of carbonyl (C=O) groups excluding carboxylic acids is 2. The highest BCUT2D eigenvalue weighted by Crippen LogP contribution is 2.18. The van der Waals surface area contributed by atoms with Crippen LogP contribution in [-0.2, 0) is 0 Å². The van der Waals surface area contributed by atoms with Crippen LogP contribution in [0, 0.1) is 6.92 Å². The van der Waals surface area contributed by atoms with E-state index >= 15 is 0 Å². The minimum absolute atomic E-state index is 0.275. The predicted octanol–water partition coefficient (Wildman–Crippen LogP) is 4.41. The van der Waals surface area contributed by atoms with E-state index in [9.17, 15) is 9.59 Å². The second-order valence-corrected chi connectivity index (χ2v) is 6.48. The van der Waals surface area contributed by atoms with Crippen molar-refractivity contribution in [1.29, 1.82) is 0 Å². The van der Waals surface area contributed by atoms with Crippen LogP contribution in [0.2, 0.25) is 0 Å². The van der Waals surface area contributed by atoms with Crippen molar-refractivity contribution in [2.75, 3.05) is 11.9 Å². The molecule has 2 N–H and O–H groups in total. The Kier molecular flexibility index (Phi) is 6.95. The molecule has 0 aliphatic heterocycles. The van der Waals surface area contributed by atoms with Gasteiger partial charge in [-0.15, -0.1) is 0 Å². The van der Waals surface area contributed by atoms with E-state index < -0.39 is 5.91 Å². The lowest BCUT2D eigenvalue weighted by Crippen LogP contribution is -2.21. The van der Waals surface area contributed by atoms with Crippen molar-refractivity contribution in [2.45, 2.75) is 13.8 Å². The van der Waals surface area contributed by atoms with Crippen molar-refractivity contribution in [3.05, 3.63) is 95.1 Å². The normalized spacial score (nSPS) is 10.6. The number of amides is 2. The third-order valence-electron chi connectivity index (χ3n) is 4.40. The summed E-state index contributed by atoms with van der Waals surface area (Å²) in [5.74, 6) is -0.0211. The molecule has 0 saturated carbocycles. The minimum Gasteiger partial charge on any atom is -0.493 e. The monoisotopic (exact) mass is 401 g/mol. The molecule has 152 valence electrons. The molecule has 3 rings (SSSR count). The van der Waals surface area contributed by atoms with Gasteiger partial charge >= 0.3 is 0 Å². The maximum atomic E-state index is 12.6. The minimum atomic E-state index is -0.430. The van der Waals surface area contributed by atoms with Crippen LogP contribution in [-0.4, -0.2) is 24.6 Å². The maximum absolute atomic E-state index is 12.6. The first-order valence-electron chi connectivity index (χ1n) is 9.61. The van der Waals surface area contributed by atoms with Crippen molar-refractivity contribution in [2.24, 2.45) is 5.10 Å². The number of rotatable bonds is 7. The first-order chi connectivity index (χ1) is 14.6. The van der Waals surface area contributed by atoms with Crippen LogP contribution in [0.15, 0.2) is 77.9 Å². The first kappa shape index (κ1) is 20.8. The molecule has 3 aromatic carbocycles. The fourth-order valence-corrected chi connectivity index (χ4v) is 2.90. The standard InChI is InChI=1S/C24H23N3O3/c1-3-30-22-15-9-5-11-18(22)16-25-27-24(29)20-13-7-8-14-21(20)26-23(28)19-12-6-4-10-17(19)2/h4-16H,3H2,1-2H3,(H,26,28)(H,27,29). The molecule has 0 aromatic heterocycles. The van der Waals surface area contributed by atoms with Crippen LogP contribution in [0.3, 0.4) is 0 Å². The molecule has 0 atom stereocenters. The Morgan fingerprint density at radius 2 is 1.57 bits per heavy atom. The van der Waals surface area contributed by atoms with Gasteiger partial charge in [-0.2, -0.15) is 5.10 Å². The molecule has 6 heteroatoms. The highest BCUT2D eigenvalue weighted by Gasteiger charge is 2.14. The third-order valence-corrected chi connectivity index (χ3v) is 4.40. The Bertz CT molecular complexity index is 1080. The molecule has 0 spiro atoms. The SMILES string of the molecule is CCOc1ccccc1C=NNC(=O)c1ccccc1NC(=O)c1ccccc1C. The zero-order chi connectivity index (χ0) is 21.3. The van der Waals surface area contributed by atoms with Gasteiger partial charge in [0.05, 0.1) is 24.1 Å². The van der Waals surface area contributed by atoms with Gasteiger partial charge in [0.25, 0.3) is 11.8 Å². The number of anilines is 1. The summed E-state index contributed by atoms with van der Waals surface area (Å²) >= 11 is 0. The van der Waals surface area contributed by atoms with E-state index in [0.29, 0.717) is 29.2 Å². The summed E-state index contributed by atoms with van der Waals surface area (Å²) < 4.78 is 5.54. The fourth-order valence-electron chi connectivity index (χ4n) is 2.90. The molecule has 0 bridgehead atoms. The summed E-state index contributed by atoms with van der Waals surface area (Å²) in [6.45, 7) is 4.30. The van der Waals surface area contributed by atoms with Gasteiger partial charge in [0.1, 0.15) is 5.75 Å². The Morgan fingerprint density at radius 1 is 0.900 bits per heavy atom. The van der Waals surface area contributed by atoms with Gasteiger partial charge in [0.2, 0.25) is 0 Å². The van der Waals surface area contributed by atoms with Gasteiger partial charge in [0.15, 0.2) is 0 Å². The van der Waals surface area contributed by atoms with Crippen molar-refractivity contribution in [3.63, 3.8) is 0 Å². The van der Waals surface area contributed by atoms with Crippen molar-refractivity contribution in [1.82, 2.24) is 5.43 Å². The number of ether oxygens (including phenoxy) is 1. The van der Waals surface area contributed by atoms with E-state index in [-0.39, 0.29) is 5.91 Å². The van der Waals surface area contributed by atoms with Gasteiger partial charge in [-0.1, -0.05) is 42.5 Å². The number of aryl methyl sites for hydroxylation is 1. The molecule has 0 aliphatic carbocycles. The lowest BCUT2D eigenvalue weighted by molar-refractivity contribution is 0.0956. The molecular formula is C24H23N3O3. The van der Waals surface area contributed by atoms with E-state index in [4.69, 9.17) is 4.74 Å². The summed E-state index contributed by atoms with van der Waals surface area (Å²) in [6.07, 6.45) is 1.53. The molecular weight excluding hydrogens is 378 g/mol. The fraction of sp³-hybridized carbons (Fsp3) is 0.125.